The number of benzene rings is 2. The summed E-state index contributed by atoms with van der Waals surface area (Å²) in [6.45, 7) is 4.09. The molecule has 0 atom stereocenters. The number of hydrogen-bond donors (Lipinski definition) is 0. The van der Waals surface area contributed by atoms with E-state index in [2.05, 4.69) is 69.4 Å². The Labute approximate surface area is 159 Å². The van der Waals surface area contributed by atoms with Crippen LogP contribution < -0.4 is 0 Å². The molecule has 0 aliphatic carbocycles. The number of rotatable bonds is 4. The van der Waals surface area contributed by atoms with Gasteiger partial charge in [0.2, 0.25) is 0 Å². The quantitative estimate of drug-likeness (QED) is 0.235. The zero-order valence-corrected chi connectivity index (χ0v) is 16.0. The van der Waals surface area contributed by atoms with E-state index in [-0.39, 0.29) is 5.69 Å². The number of aryl methyl sites for hydroxylation is 1. The molecule has 25 heavy (non-hydrogen) atoms. The van der Waals surface area contributed by atoms with Gasteiger partial charge >= 0.3 is 0 Å². The van der Waals surface area contributed by atoms with Crippen LogP contribution in [0.3, 0.4) is 0 Å². The van der Waals surface area contributed by atoms with E-state index in [1.54, 1.807) is 18.3 Å². The number of non-ortho nitro benzene ring substituents is 1. The molecule has 0 saturated heterocycles. The van der Waals surface area contributed by atoms with Crippen molar-refractivity contribution in [3.8, 4) is 5.69 Å². The van der Waals surface area contributed by atoms with Crippen LogP contribution in [-0.2, 0) is 0 Å². The van der Waals surface area contributed by atoms with E-state index >= 15 is 0 Å². The van der Waals surface area contributed by atoms with Crippen molar-refractivity contribution in [3.05, 3.63) is 85.2 Å². The third-order valence-corrected chi connectivity index (χ3v) is 4.67. The molecule has 0 bridgehead atoms. The lowest BCUT2D eigenvalue weighted by atomic mass is 10.2. The summed E-state index contributed by atoms with van der Waals surface area (Å²) in [5.74, 6) is 0. The highest BCUT2D eigenvalue weighted by atomic mass is 127. The van der Waals surface area contributed by atoms with Gasteiger partial charge in [0.15, 0.2) is 0 Å². The smallest absolute Gasteiger partial charge is 0.271 e. The van der Waals surface area contributed by atoms with Crippen molar-refractivity contribution in [2.24, 2.45) is 4.99 Å². The number of hydrogen-bond acceptors (Lipinski definition) is 3. The number of nitro groups is 1. The molecular weight excluding hydrogens is 429 g/mol. The third kappa shape index (κ3) is 3.79. The lowest BCUT2D eigenvalue weighted by Gasteiger charge is -2.09. The number of aromatic nitrogens is 1. The summed E-state index contributed by atoms with van der Waals surface area (Å²) < 4.78 is 3.36. The van der Waals surface area contributed by atoms with E-state index in [4.69, 9.17) is 0 Å². The Kier molecular flexibility index (Phi) is 4.98. The second-order valence-electron chi connectivity index (χ2n) is 5.67. The van der Waals surface area contributed by atoms with Gasteiger partial charge in [-0.1, -0.05) is 6.07 Å². The van der Waals surface area contributed by atoms with Crippen LogP contribution in [0.2, 0.25) is 0 Å². The van der Waals surface area contributed by atoms with Gasteiger partial charge in [-0.15, -0.1) is 0 Å². The van der Waals surface area contributed by atoms with E-state index < -0.39 is 4.92 Å². The summed E-state index contributed by atoms with van der Waals surface area (Å²) in [4.78, 5) is 14.8. The fourth-order valence-corrected chi connectivity index (χ4v) is 3.10. The molecule has 5 nitrogen and oxygen atoms in total. The molecule has 0 amide bonds. The van der Waals surface area contributed by atoms with Crippen LogP contribution in [0.15, 0.2) is 59.6 Å². The van der Waals surface area contributed by atoms with Gasteiger partial charge in [0, 0.05) is 44.6 Å². The van der Waals surface area contributed by atoms with Crippen LogP contribution >= 0.6 is 22.6 Å². The van der Waals surface area contributed by atoms with Crippen LogP contribution in [0.4, 0.5) is 11.4 Å². The van der Waals surface area contributed by atoms with E-state index in [1.807, 2.05) is 6.92 Å². The van der Waals surface area contributed by atoms with E-state index in [0.29, 0.717) is 5.69 Å². The summed E-state index contributed by atoms with van der Waals surface area (Å²) in [6.07, 6.45) is 1.75. The number of aliphatic imine (C=N–C) groups is 1. The molecule has 3 aromatic rings. The number of nitro benzene ring substituents is 1. The molecule has 1 aromatic heterocycles. The Hall–Kier alpha value is -2.48. The van der Waals surface area contributed by atoms with Gasteiger partial charge in [0.05, 0.1) is 10.6 Å². The van der Waals surface area contributed by atoms with Crippen molar-refractivity contribution in [1.82, 2.24) is 4.57 Å². The highest BCUT2D eigenvalue weighted by Crippen LogP contribution is 2.23. The zero-order chi connectivity index (χ0) is 18.0. The summed E-state index contributed by atoms with van der Waals surface area (Å²) in [6, 6.07) is 16.7. The summed E-state index contributed by atoms with van der Waals surface area (Å²) >= 11 is 2.29. The molecule has 0 aliphatic heterocycles. The molecule has 6 heteroatoms. The molecule has 0 N–H and O–H groups in total. The second-order valence-corrected chi connectivity index (χ2v) is 6.92. The van der Waals surface area contributed by atoms with Crippen molar-refractivity contribution in [3.63, 3.8) is 0 Å². The van der Waals surface area contributed by atoms with Gasteiger partial charge in [-0.25, -0.2) is 0 Å². The van der Waals surface area contributed by atoms with Gasteiger partial charge in [-0.05, 0) is 72.8 Å². The summed E-state index contributed by atoms with van der Waals surface area (Å²) in [5.41, 5.74) is 4.88. The Morgan fingerprint density at radius 1 is 1.12 bits per heavy atom. The molecule has 0 fully saturated rings. The van der Waals surface area contributed by atoms with E-state index in [1.165, 1.54) is 15.7 Å². The molecule has 2 aromatic carbocycles. The zero-order valence-electron chi connectivity index (χ0n) is 13.8. The maximum atomic E-state index is 10.9. The van der Waals surface area contributed by atoms with Crippen LogP contribution in [0.1, 0.15) is 17.0 Å². The molecule has 0 unspecified atom stereocenters. The first kappa shape index (κ1) is 17.3. The molecule has 0 radical (unpaired) electrons. The fourth-order valence-electron chi connectivity index (χ4n) is 2.74. The molecule has 1 heterocycles. The van der Waals surface area contributed by atoms with Crippen LogP contribution in [0.5, 0.6) is 0 Å². The van der Waals surface area contributed by atoms with Crippen molar-refractivity contribution < 1.29 is 4.92 Å². The molecular formula is C19H16IN3O2. The number of nitrogens with zero attached hydrogens (tertiary/aromatic N) is 3. The van der Waals surface area contributed by atoms with Crippen LogP contribution in [0, 0.1) is 27.5 Å². The van der Waals surface area contributed by atoms with Gasteiger partial charge in [-0.3, -0.25) is 15.1 Å². The lowest BCUT2D eigenvalue weighted by molar-refractivity contribution is -0.384. The number of halogens is 1. The maximum absolute atomic E-state index is 10.9. The van der Waals surface area contributed by atoms with Gasteiger partial charge < -0.3 is 4.57 Å². The second kappa shape index (κ2) is 7.18. The standard InChI is InChI=1S/C19H16IN3O2/c1-13-10-15(12-21-17-4-3-5-19(11-17)23(24)25)14(2)22(13)18-8-6-16(20)7-9-18/h3-12H,1-2H3. The predicted octanol–water partition coefficient (Wildman–Crippen LogP) is 5.36. The molecule has 0 aliphatic rings. The highest BCUT2D eigenvalue weighted by molar-refractivity contribution is 14.1. The van der Waals surface area contributed by atoms with E-state index in [0.717, 1.165) is 22.6 Å². The fraction of sp³-hybridized carbons (Fsp3) is 0.105. The molecule has 3 rings (SSSR count). The van der Waals surface area contributed by atoms with Crippen LogP contribution in [0.25, 0.3) is 5.69 Å². The monoisotopic (exact) mass is 445 g/mol. The van der Waals surface area contributed by atoms with Gasteiger partial charge in [0.1, 0.15) is 0 Å². The Bertz CT molecular complexity index is 959. The maximum Gasteiger partial charge on any atom is 0.271 e. The average molecular weight is 445 g/mol. The normalized spacial score (nSPS) is 11.2. The van der Waals surface area contributed by atoms with Crippen molar-refractivity contribution >= 4 is 40.2 Å². The first-order valence-electron chi connectivity index (χ1n) is 7.69. The predicted molar refractivity (Wildman–Crippen MR) is 108 cm³/mol. The molecule has 0 saturated carbocycles. The minimum Gasteiger partial charge on any atom is -0.318 e. The van der Waals surface area contributed by atoms with Crippen LogP contribution in [-0.4, -0.2) is 15.7 Å². The lowest BCUT2D eigenvalue weighted by Crippen LogP contribution is -1.99. The summed E-state index contributed by atoms with van der Waals surface area (Å²) in [7, 11) is 0. The average Bonchev–Trinajstić information content (AvgIpc) is 2.88. The van der Waals surface area contributed by atoms with Gasteiger partial charge in [0.25, 0.3) is 5.69 Å². The molecule has 0 spiro atoms. The first-order valence-corrected chi connectivity index (χ1v) is 8.77. The highest BCUT2D eigenvalue weighted by Gasteiger charge is 2.10. The van der Waals surface area contributed by atoms with E-state index in [9.17, 15) is 10.1 Å². The minimum absolute atomic E-state index is 0.0408. The Morgan fingerprint density at radius 2 is 1.84 bits per heavy atom. The van der Waals surface area contributed by atoms with Crippen molar-refractivity contribution in [1.29, 1.82) is 0 Å². The molecule has 126 valence electrons. The summed E-state index contributed by atoms with van der Waals surface area (Å²) in [5, 5.41) is 10.9. The van der Waals surface area contributed by atoms with Gasteiger partial charge in [-0.2, -0.15) is 0 Å². The Morgan fingerprint density at radius 3 is 2.52 bits per heavy atom. The van der Waals surface area contributed by atoms with Crippen molar-refractivity contribution in [2.45, 2.75) is 13.8 Å². The SMILES string of the molecule is Cc1cc(C=Nc2cccc([N+](=O)[O-])c2)c(C)n1-c1ccc(I)cc1. The first-order chi connectivity index (χ1) is 12.0. The van der Waals surface area contributed by atoms with Crippen molar-refractivity contribution in [2.75, 3.05) is 0 Å². The largest absolute Gasteiger partial charge is 0.318 e. The minimum atomic E-state index is -0.415. The third-order valence-electron chi connectivity index (χ3n) is 3.95. The topological polar surface area (TPSA) is 60.4 Å². The Balaban J connectivity index is 1.94.